The van der Waals surface area contributed by atoms with Crippen LogP contribution in [-0.2, 0) is 17.6 Å². The van der Waals surface area contributed by atoms with E-state index in [1.165, 1.54) is 33.4 Å². The van der Waals surface area contributed by atoms with Gasteiger partial charge >= 0.3 is 5.97 Å². The van der Waals surface area contributed by atoms with E-state index in [1.54, 1.807) is 7.11 Å². The van der Waals surface area contributed by atoms with Crippen LogP contribution in [0.15, 0.2) is 72.8 Å². The highest BCUT2D eigenvalue weighted by atomic mass is 16.5. The quantitative estimate of drug-likeness (QED) is 0.140. The van der Waals surface area contributed by atoms with Crippen molar-refractivity contribution in [3.8, 4) is 39.8 Å². The number of aryl methyl sites for hydroxylation is 1. The second-order valence-electron chi connectivity index (χ2n) is 10.9. The first-order valence-corrected chi connectivity index (χ1v) is 15.2. The number of ether oxygens (including phenoxy) is 3. The second-order valence-corrected chi connectivity index (χ2v) is 10.9. The number of benzene rings is 3. The SMILES string of the molecule is COc1nc(O[C@H]2CCc3c(-c4cccc(-c5ccc(OCCNCCO)cc5)c4C)cccc32)ccc1CCCC(=O)O. The van der Waals surface area contributed by atoms with Gasteiger partial charge in [0.1, 0.15) is 18.5 Å². The van der Waals surface area contributed by atoms with Gasteiger partial charge in [0.25, 0.3) is 0 Å². The molecule has 1 aromatic heterocycles. The fourth-order valence-electron chi connectivity index (χ4n) is 5.87. The van der Waals surface area contributed by atoms with Gasteiger partial charge in [-0.15, -0.1) is 0 Å². The number of aliphatic carboxylic acids is 1. The average Bonchev–Trinajstić information content (AvgIpc) is 3.44. The Balaban J connectivity index is 1.32. The van der Waals surface area contributed by atoms with E-state index in [-0.39, 0.29) is 19.1 Å². The van der Waals surface area contributed by atoms with Crippen LogP contribution in [0, 0.1) is 6.92 Å². The zero-order valence-electron chi connectivity index (χ0n) is 25.3. The monoisotopic (exact) mass is 596 g/mol. The van der Waals surface area contributed by atoms with Crippen molar-refractivity contribution in [2.45, 2.75) is 45.1 Å². The number of carbonyl (C=O) groups is 1. The standard InChI is InChI=1S/C36H40N2O6/c1-24-28(25-12-15-27(16-13-25)43-23-21-37-20-22-39)7-4-8-29(24)30-9-5-10-32-31(30)17-18-33(32)44-34-19-14-26(36(38-34)42-2)6-3-11-35(40)41/h4-5,7-10,12-16,19,33,37,39H,3,6,11,17-18,20-23H2,1-2H3,(H,40,41)/t33-/m0/s1. The zero-order chi connectivity index (χ0) is 30.9. The van der Waals surface area contributed by atoms with Gasteiger partial charge in [-0.25, -0.2) is 0 Å². The van der Waals surface area contributed by atoms with Crippen molar-refractivity contribution in [3.05, 3.63) is 95.1 Å². The fourth-order valence-corrected chi connectivity index (χ4v) is 5.87. The van der Waals surface area contributed by atoms with E-state index in [9.17, 15) is 4.79 Å². The number of carboxylic acids is 1. The number of carboxylic acid groups (broad SMARTS) is 1. The lowest BCUT2D eigenvalue weighted by Crippen LogP contribution is -2.23. The van der Waals surface area contributed by atoms with Crippen molar-refractivity contribution < 1.29 is 29.2 Å². The summed E-state index contributed by atoms with van der Waals surface area (Å²) in [6.45, 7) is 4.09. The second kappa shape index (κ2) is 14.9. The van der Waals surface area contributed by atoms with Crippen LogP contribution in [0.5, 0.6) is 17.5 Å². The molecule has 5 rings (SSSR count). The summed E-state index contributed by atoms with van der Waals surface area (Å²) in [5.74, 6) is 0.985. The van der Waals surface area contributed by atoms with E-state index < -0.39 is 5.97 Å². The Labute approximate surface area is 258 Å². The Morgan fingerprint density at radius 1 is 0.977 bits per heavy atom. The molecular formula is C36H40N2O6. The minimum absolute atomic E-state index is 0.109. The number of aliphatic hydroxyl groups excluding tert-OH is 1. The molecule has 1 heterocycles. The summed E-state index contributed by atoms with van der Waals surface area (Å²) in [4.78, 5) is 15.5. The molecule has 0 radical (unpaired) electrons. The lowest BCUT2D eigenvalue weighted by molar-refractivity contribution is -0.137. The number of fused-ring (bicyclic) bond motifs is 1. The minimum Gasteiger partial charge on any atom is -0.492 e. The molecule has 44 heavy (non-hydrogen) atoms. The largest absolute Gasteiger partial charge is 0.492 e. The first kappa shape index (κ1) is 31.0. The van der Waals surface area contributed by atoms with Gasteiger partial charge in [0.05, 0.1) is 13.7 Å². The zero-order valence-corrected chi connectivity index (χ0v) is 25.3. The van der Waals surface area contributed by atoms with Crippen molar-refractivity contribution in [3.63, 3.8) is 0 Å². The van der Waals surface area contributed by atoms with Gasteiger partial charge < -0.3 is 29.7 Å². The van der Waals surface area contributed by atoms with Crippen LogP contribution in [0.1, 0.15) is 47.6 Å². The Morgan fingerprint density at radius 2 is 1.75 bits per heavy atom. The van der Waals surface area contributed by atoms with E-state index in [2.05, 4.69) is 65.8 Å². The summed E-state index contributed by atoms with van der Waals surface area (Å²) in [5.41, 5.74) is 9.32. The smallest absolute Gasteiger partial charge is 0.303 e. The van der Waals surface area contributed by atoms with E-state index in [0.29, 0.717) is 44.3 Å². The topological polar surface area (TPSA) is 110 Å². The van der Waals surface area contributed by atoms with Gasteiger partial charge in [-0.1, -0.05) is 48.5 Å². The molecule has 1 atom stereocenters. The van der Waals surface area contributed by atoms with Crippen LogP contribution in [0.25, 0.3) is 22.3 Å². The number of pyridine rings is 1. The van der Waals surface area contributed by atoms with Gasteiger partial charge in [0, 0.05) is 31.1 Å². The summed E-state index contributed by atoms with van der Waals surface area (Å²) >= 11 is 0. The van der Waals surface area contributed by atoms with E-state index in [0.717, 1.165) is 29.7 Å². The number of aliphatic hydroxyl groups is 1. The van der Waals surface area contributed by atoms with Gasteiger partial charge in [0.2, 0.25) is 11.8 Å². The molecule has 230 valence electrons. The molecule has 0 aliphatic heterocycles. The van der Waals surface area contributed by atoms with Gasteiger partial charge in [-0.3, -0.25) is 4.79 Å². The predicted molar refractivity (Wildman–Crippen MR) is 171 cm³/mol. The molecule has 0 saturated carbocycles. The summed E-state index contributed by atoms with van der Waals surface area (Å²) < 4.78 is 17.7. The molecule has 4 aromatic rings. The third-order valence-electron chi connectivity index (χ3n) is 8.05. The van der Waals surface area contributed by atoms with Crippen molar-refractivity contribution in [2.75, 3.05) is 33.4 Å². The fraction of sp³-hybridized carbons (Fsp3) is 0.333. The van der Waals surface area contributed by atoms with Crippen LogP contribution in [0.2, 0.25) is 0 Å². The molecule has 8 heteroatoms. The number of rotatable bonds is 15. The van der Waals surface area contributed by atoms with Gasteiger partial charge in [0.15, 0.2) is 0 Å². The molecule has 0 bridgehead atoms. The summed E-state index contributed by atoms with van der Waals surface area (Å²) in [6.07, 6.45) is 2.86. The molecule has 3 N–H and O–H groups in total. The van der Waals surface area contributed by atoms with E-state index >= 15 is 0 Å². The van der Waals surface area contributed by atoms with Crippen molar-refractivity contribution in [1.29, 1.82) is 0 Å². The Bertz CT molecular complexity index is 1570. The molecule has 1 aliphatic rings. The molecule has 8 nitrogen and oxygen atoms in total. The molecule has 1 aliphatic carbocycles. The molecular weight excluding hydrogens is 556 g/mol. The summed E-state index contributed by atoms with van der Waals surface area (Å²) in [5, 5.41) is 20.9. The lowest BCUT2D eigenvalue weighted by atomic mass is 9.89. The third kappa shape index (κ3) is 7.38. The molecule has 0 saturated heterocycles. The van der Waals surface area contributed by atoms with Crippen LogP contribution < -0.4 is 19.5 Å². The number of nitrogens with one attached hydrogen (secondary N) is 1. The van der Waals surface area contributed by atoms with Crippen molar-refractivity contribution in [2.24, 2.45) is 0 Å². The maximum atomic E-state index is 10.9. The van der Waals surface area contributed by atoms with Gasteiger partial charge in [-0.2, -0.15) is 4.98 Å². The van der Waals surface area contributed by atoms with E-state index in [4.69, 9.17) is 24.4 Å². The molecule has 0 spiro atoms. The van der Waals surface area contributed by atoms with Crippen LogP contribution in [0.3, 0.4) is 0 Å². The Hall–Kier alpha value is -4.40. The van der Waals surface area contributed by atoms with Gasteiger partial charge in [-0.05, 0) is 89.8 Å². The number of hydrogen-bond donors (Lipinski definition) is 3. The average molecular weight is 597 g/mol. The third-order valence-corrected chi connectivity index (χ3v) is 8.05. The summed E-state index contributed by atoms with van der Waals surface area (Å²) in [7, 11) is 1.57. The number of aromatic nitrogens is 1. The van der Waals surface area contributed by atoms with Crippen molar-refractivity contribution >= 4 is 5.97 Å². The number of methoxy groups -OCH3 is 1. The highest BCUT2D eigenvalue weighted by Gasteiger charge is 2.28. The highest BCUT2D eigenvalue weighted by molar-refractivity contribution is 5.80. The first-order chi connectivity index (χ1) is 21.5. The maximum absolute atomic E-state index is 10.9. The highest BCUT2D eigenvalue weighted by Crippen LogP contribution is 2.42. The maximum Gasteiger partial charge on any atom is 0.303 e. The van der Waals surface area contributed by atoms with Crippen molar-refractivity contribution in [1.82, 2.24) is 10.3 Å². The molecule has 3 aromatic carbocycles. The van der Waals surface area contributed by atoms with Crippen LogP contribution >= 0.6 is 0 Å². The molecule has 0 amide bonds. The number of hydrogen-bond acceptors (Lipinski definition) is 7. The predicted octanol–water partition coefficient (Wildman–Crippen LogP) is 6.17. The number of nitrogens with zero attached hydrogens (tertiary/aromatic N) is 1. The lowest BCUT2D eigenvalue weighted by Gasteiger charge is -2.18. The van der Waals surface area contributed by atoms with Crippen LogP contribution in [0.4, 0.5) is 0 Å². The minimum atomic E-state index is -0.808. The van der Waals surface area contributed by atoms with E-state index in [1.807, 2.05) is 24.3 Å². The molecule has 0 unspecified atom stereocenters. The summed E-state index contributed by atoms with van der Waals surface area (Å²) in [6, 6.07) is 24.9. The first-order valence-electron chi connectivity index (χ1n) is 15.2. The molecule has 0 fully saturated rings. The Kier molecular flexibility index (Phi) is 10.5. The normalized spacial score (nSPS) is 13.8. The van der Waals surface area contributed by atoms with Crippen LogP contribution in [-0.4, -0.2) is 54.6 Å². The Morgan fingerprint density at radius 3 is 2.52 bits per heavy atom.